The van der Waals surface area contributed by atoms with Crippen molar-refractivity contribution in [3.8, 4) is 0 Å². The Morgan fingerprint density at radius 2 is 2.00 bits per heavy atom. The molecule has 2 N–H and O–H groups in total. The molecule has 3 aromatic rings. The maximum absolute atomic E-state index is 12.4. The summed E-state index contributed by atoms with van der Waals surface area (Å²) in [4.78, 5) is 20.5. The van der Waals surface area contributed by atoms with Crippen molar-refractivity contribution in [1.29, 1.82) is 0 Å². The number of amides is 1. The molecular formula is C17H15N3O2. The summed E-state index contributed by atoms with van der Waals surface area (Å²) < 4.78 is 0. The highest BCUT2D eigenvalue weighted by Gasteiger charge is 2.15. The zero-order valence-corrected chi connectivity index (χ0v) is 11.8. The maximum Gasteiger partial charge on any atom is 0.251 e. The minimum Gasteiger partial charge on any atom is -0.394 e. The van der Waals surface area contributed by atoms with E-state index in [4.69, 9.17) is 0 Å². The fourth-order valence-electron chi connectivity index (χ4n) is 2.28. The summed E-state index contributed by atoms with van der Waals surface area (Å²) in [5.41, 5.74) is 2.07. The average molecular weight is 293 g/mol. The third kappa shape index (κ3) is 2.94. The quantitative estimate of drug-likeness (QED) is 0.772. The van der Waals surface area contributed by atoms with Gasteiger partial charge in [-0.15, -0.1) is 0 Å². The van der Waals surface area contributed by atoms with Gasteiger partial charge in [-0.2, -0.15) is 0 Å². The Kier molecular flexibility index (Phi) is 4.07. The molecule has 0 saturated carbocycles. The van der Waals surface area contributed by atoms with Crippen LogP contribution in [0.4, 0.5) is 0 Å². The van der Waals surface area contributed by atoms with E-state index in [1.165, 1.54) is 6.33 Å². The van der Waals surface area contributed by atoms with Gasteiger partial charge in [-0.3, -0.25) is 4.79 Å². The van der Waals surface area contributed by atoms with E-state index >= 15 is 0 Å². The van der Waals surface area contributed by atoms with Gasteiger partial charge in [-0.05, 0) is 17.7 Å². The van der Waals surface area contributed by atoms with E-state index in [0.29, 0.717) is 11.1 Å². The molecule has 110 valence electrons. The third-order valence-corrected chi connectivity index (χ3v) is 3.46. The molecule has 0 fully saturated rings. The predicted molar refractivity (Wildman–Crippen MR) is 83.3 cm³/mol. The summed E-state index contributed by atoms with van der Waals surface area (Å²) >= 11 is 0. The number of nitrogens with zero attached hydrogens (tertiary/aromatic N) is 2. The lowest BCUT2D eigenvalue weighted by molar-refractivity contribution is 0.0916. The number of rotatable bonds is 4. The molecule has 0 aliphatic heterocycles. The van der Waals surface area contributed by atoms with Crippen LogP contribution in [0.15, 0.2) is 61.1 Å². The number of aliphatic hydroxyl groups excluding tert-OH is 1. The van der Waals surface area contributed by atoms with Gasteiger partial charge in [0.15, 0.2) is 0 Å². The van der Waals surface area contributed by atoms with Crippen molar-refractivity contribution >= 4 is 16.8 Å². The first kappa shape index (κ1) is 14.2. The smallest absolute Gasteiger partial charge is 0.251 e. The van der Waals surface area contributed by atoms with Crippen molar-refractivity contribution in [2.24, 2.45) is 0 Å². The molecule has 1 amide bonds. The topological polar surface area (TPSA) is 75.1 Å². The van der Waals surface area contributed by atoms with Crippen LogP contribution in [0.1, 0.15) is 22.0 Å². The third-order valence-electron chi connectivity index (χ3n) is 3.46. The lowest BCUT2D eigenvalue weighted by Crippen LogP contribution is -2.30. The van der Waals surface area contributed by atoms with Gasteiger partial charge in [0, 0.05) is 17.1 Å². The summed E-state index contributed by atoms with van der Waals surface area (Å²) in [7, 11) is 0. The van der Waals surface area contributed by atoms with E-state index in [-0.39, 0.29) is 12.5 Å². The molecule has 0 spiro atoms. The number of nitrogens with one attached hydrogen (secondary N) is 1. The molecule has 0 radical (unpaired) electrons. The number of fused-ring (bicyclic) bond motifs is 1. The summed E-state index contributed by atoms with van der Waals surface area (Å²) in [6.07, 6.45) is 3.15. The Morgan fingerprint density at radius 1 is 1.18 bits per heavy atom. The monoisotopic (exact) mass is 293 g/mol. The van der Waals surface area contributed by atoms with Gasteiger partial charge >= 0.3 is 0 Å². The summed E-state index contributed by atoms with van der Waals surface area (Å²) in [5, 5.41) is 13.2. The van der Waals surface area contributed by atoms with Crippen molar-refractivity contribution in [2.75, 3.05) is 6.61 Å². The Labute approximate surface area is 127 Å². The molecule has 0 saturated heterocycles. The number of carbonyl (C=O) groups excluding carboxylic acids is 1. The van der Waals surface area contributed by atoms with Gasteiger partial charge in [0.05, 0.1) is 18.2 Å². The fraction of sp³-hybridized carbons (Fsp3) is 0.118. The molecule has 1 unspecified atom stereocenters. The van der Waals surface area contributed by atoms with Crippen LogP contribution in [0, 0.1) is 0 Å². The Hall–Kier alpha value is -2.79. The maximum atomic E-state index is 12.4. The van der Waals surface area contributed by atoms with Crippen LogP contribution < -0.4 is 5.32 Å². The van der Waals surface area contributed by atoms with Crippen LogP contribution in [0.25, 0.3) is 10.9 Å². The van der Waals surface area contributed by atoms with E-state index in [1.807, 2.05) is 30.3 Å². The number of aliphatic hydroxyl groups is 1. The van der Waals surface area contributed by atoms with Crippen LogP contribution in [-0.4, -0.2) is 27.6 Å². The fourth-order valence-corrected chi connectivity index (χ4v) is 2.28. The second-order valence-corrected chi connectivity index (χ2v) is 4.92. The summed E-state index contributed by atoms with van der Waals surface area (Å²) in [6, 6.07) is 14.2. The Bertz CT molecular complexity index is 790. The van der Waals surface area contributed by atoms with Crippen molar-refractivity contribution in [3.05, 3.63) is 72.2 Å². The van der Waals surface area contributed by atoms with E-state index < -0.39 is 6.04 Å². The molecule has 2 aromatic carbocycles. The van der Waals surface area contributed by atoms with Gasteiger partial charge in [-0.25, -0.2) is 9.97 Å². The second kappa shape index (κ2) is 6.32. The normalized spacial score (nSPS) is 12.0. The van der Waals surface area contributed by atoms with Gasteiger partial charge in [0.2, 0.25) is 0 Å². The highest BCUT2D eigenvalue weighted by Crippen LogP contribution is 2.15. The molecule has 1 heterocycles. The molecule has 22 heavy (non-hydrogen) atoms. The van der Waals surface area contributed by atoms with Crippen LogP contribution in [0.2, 0.25) is 0 Å². The molecule has 5 nitrogen and oxygen atoms in total. The van der Waals surface area contributed by atoms with Crippen LogP contribution in [0.3, 0.4) is 0 Å². The van der Waals surface area contributed by atoms with E-state index in [0.717, 1.165) is 10.9 Å². The number of benzene rings is 2. The lowest BCUT2D eigenvalue weighted by Gasteiger charge is -2.16. The SMILES string of the molecule is O=C(NC(CO)c1ccccc1)c1ccc2cncnc2c1. The summed E-state index contributed by atoms with van der Waals surface area (Å²) in [6.45, 7) is -0.161. The second-order valence-electron chi connectivity index (χ2n) is 4.92. The first-order valence-corrected chi connectivity index (χ1v) is 6.94. The zero-order valence-electron chi connectivity index (χ0n) is 11.8. The number of aromatic nitrogens is 2. The molecule has 0 aliphatic rings. The molecule has 0 aliphatic carbocycles. The van der Waals surface area contributed by atoms with Crippen LogP contribution >= 0.6 is 0 Å². The van der Waals surface area contributed by atoms with E-state index in [2.05, 4.69) is 15.3 Å². The largest absolute Gasteiger partial charge is 0.394 e. The Balaban J connectivity index is 1.83. The molecule has 3 rings (SSSR count). The summed E-state index contributed by atoms with van der Waals surface area (Å²) in [5.74, 6) is -0.247. The average Bonchev–Trinajstić information content (AvgIpc) is 2.59. The standard InChI is InChI=1S/C17H15N3O2/c21-10-16(12-4-2-1-3-5-12)20-17(22)13-6-7-14-9-18-11-19-15(14)8-13/h1-9,11,16,21H,10H2,(H,20,22). The number of hydrogen-bond donors (Lipinski definition) is 2. The Morgan fingerprint density at radius 3 is 2.77 bits per heavy atom. The lowest BCUT2D eigenvalue weighted by atomic mass is 10.1. The van der Waals surface area contributed by atoms with Crippen molar-refractivity contribution in [1.82, 2.24) is 15.3 Å². The first-order valence-electron chi connectivity index (χ1n) is 6.94. The molecule has 5 heteroatoms. The minimum absolute atomic E-state index is 0.161. The highest BCUT2D eigenvalue weighted by atomic mass is 16.3. The molecule has 1 aromatic heterocycles. The van der Waals surface area contributed by atoms with Gasteiger partial charge in [-0.1, -0.05) is 36.4 Å². The van der Waals surface area contributed by atoms with Crippen LogP contribution in [-0.2, 0) is 0 Å². The van der Waals surface area contributed by atoms with Gasteiger partial charge < -0.3 is 10.4 Å². The molecule has 0 bridgehead atoms. The number of hydrogen-bond acceptors (Lipinski definition) is 4. The minimum atomic E-state index is -0.435. The van der Waals surface area contributed by atoms with Crippen molar-refractivity contribution < 1.29 is 9.90 Å². The first-order chi connectivity index (χ1) is 10.8. The van der Waals surface area contributed by atoms with Crippen molar-refractivity contribution in [2.45, 2.75) is 6.04 Å². The van der Waals surface area contributed by atoms with E-state index in [9.17, 15) is 9.90 Å². The van der Waals surface area contributed by atoms with Gasteiger partial charge in [0.25, 0.3) is 5.91 Å². The number of carbonyl (C=O) groups is 1. The van der Waals surface area contributed by atoms with Gasteiger partial charge in [0.1, 0.15) is 6.33 Å². The molecular weight excluding hydrogens is 278 g/mol. The van der Waals surface area contributed by atoms with Crippen LogP contribution in [0.5, 0.6) is 0 Å². The van der Waals surface area contributed by atoms with Crippen molar-refractivity contribution in [3.63, 3.8) is 0 Å². The predicted octanol–water partition coefficient (Wildman–Crippen LogP) is 2.09. The molecule has 1 atom stereocenters. The van der Waals surface area contributed by atoms with E-state index in [1.54, 1.807) is 24.4 Å². The zero-order chi connectivity index (χ0) is 15.4. The highest BCUT2D eigenvalue weighted by molar-refractivity contribution is 5.97.